The van der Waals surface area contributed by atoms with E-state index in [1.807, 2.05) is 6.92 Å². The van der Waals surface area contributed by atoms with E-state index >= 15 is 0 Å². The molecule has 0 spiro atoms. The summed E-state index contributed by atoms with van der Waals surface area (Å²) >= 11 is 5.79. The predicted octanol–water partition coefficient (Wildman–Crippen LogP) is 3.53. The third-order valence-corrected chi connectivity index (χ3v) is 4.13. The molecule has 1 atom stereocenters. The molecule has 3 aromatic rings. The maximum Gasteiger partial charge on any atom is 0.219 e. The van der Waals surface area contributed by atoms with E-state index in [1.165, 1.54) is 6.07 Å². The number of primary amides is 1. The van der Waals surface area contributed by atoms with Crippen LogP contribution in [0.15, 0.2) is 54.7 Å². The Hall–Kier alpha value is -3.19. The third-order valence-electron chi connectivity index (χ3n) is 3.90. The SMILES string of the molecule is Cc1cn[nH]c1-c1ccccc1F.NC(=O)CC(NC=O)c1cccc(Cl)c1. The summed E-state index contributed by atoms with van der Waals surface area (Å²) in [5.41, 5.74) is 8.09. The summed E-state index contributed by atoms with van der Waals surface area (Å²) in [6.07, 6.45) is 2.27. The second-order valence-corrected chi connectivity index (χ2v) is 6.41. The second kappa shape index (κ2) is 10.2. The predicted molar refractivity (Wildman–Crippen MR) is 106 cm³/mol. The van der Waals surface area contributed by atoms with E-state index in [9.17, 15) is 14.0 Å². The van der Waals surface area contributed by atoms with Gasteiger partial charge in [0.1, 0.15) is 5.82 Å². The average molecular weight is 403 g/mol. The zero-order valence-electron chi connectivity index (χ0n) is 15.2. The molecular weight excluding hydrogens is 383 g/mol. The molecule has 0 aliphatic rings. The summed E-state index contributed by atoms with van der Waals surface area (Å²) in [6.45, 7) is 1.89. The first kappa shape index (κ1) is 21.1. The van der Waals surface area contributed by atoms with Crippen LogP contribution in [0, 0.1) is 12.7 Å². The smallest absolute Gasteiger partial charge is 0.219 e. The number of aromatic nitrogens is 2. The van der Waals surface area contributed by atoms with Crippen LogP contribution < -0.4 is 11.1 Å². The Bertz CT molecular complexity index is 945. The van der Waals surface area contributed by atoms with Gasteiger partial charge in [-0.1, -0.05) is 35.9 Å². The molecule has 1 aromatic heterocycles. The van der Waals surface area contributed by atoms with E-state index in [2.05, 4.69) is 15.5 Å². The van der Waals surface area contributed by atoms with Crippen molar-refractivity contribution in [2.45, 2.75) is 19.4 Å². The van der Waals surface area contributed by atoms with E-state index in [-0.39, 0.29) is 12.2 Å². The fraction of sp³-hybridized carbons (Fsp3) is 0.150. The van der Waals surface area contributed by atoms with E-state index < -0.39 is 11.9 Å². The lowest BCUT2D eigenvalue weighted by Gasteiger charge is -2.14. The summed E-state index contributed by atoms with van der Waals surface area (Å²) in [7, 11) is 0. The van der Waals surface area contributed by atoms with Gasteiger partial charge < -0.3 is 11.1 Å². The number of carbonyl (C=O) groups excluding carboxylic acids is 2. The summed E-state index contributed by atoms with van der Waals surface area (Å²) in [4.78, 5) is 21.1. The zero-order valence-corrected chi connectivity index (χ0v) is 15.9. The highest BCUT2D eigenvalue weighted by atomic mass is 35.5. The number of hydrogen-bond donors (Lipinski definition) is 3. The maximum atomic E-state index is 13.3. The Labute approximate surface area is 166 Å². The van der Waals surface area contributed by atoms with Gasteiger partial charge in [0.05, 0.1) is 24.4 Å². The fourth-order valence-corrected chi connectivity index (χ4v) is 2.76. The van der Waals surface area contributed by atoms with Crippen molar-refractivity contribution < 1.29 is 14.0 Å². The van der Waals surface area contributed by atoms with Crippen molar-refractivity contribution in [2.24, 2.45) is 5.73 Å². The van der Waals surface area contributed by atoms with Crippen LogP contribution in [0.5, 0.6) is 0 Å². The first-order valence-electron chi connectivity index (χ1n) is 8.40. The molecule has 0 bridgehead atoms. The number of carbonyl (C=O) groups is 2. The fourth-order valence-electron chi connectivity index (χ4n) is 2.56. The molecule has 0 radical (unpaired) electrons. The van der Waals surface area contributed by atoms with E-state index in [0.717, 1.165) is 16.8 Å². The van der Waals surface area contributed by atoms with E-state index in [1.54, 1.807) is 48.7 Å². The van der Waals surface area contributed by atoms with Gasteiger partial charge in [0, 0.05) is 10.6 Å². The second-order valence-electron chi connectivity index (χ2n) is 5.97. The highest BCUT2D eigenvalue weighted by Gasteiger charge is 2.13. The van der Waals surface area contributed by atoms with Crippen molar-refractivity contribution in [3.63, 3.8) is 0 Å². The van der Waals surface area contributed by atoms with Gasteiger partial charge in [-0.15, -0.1) is 0 Å². The first-order valence-corrected chi connectivity index (χ1v) is 8.78. The first-order chi connectivity index (χ1) is 13.4. The summed E-state index contributed by atoms with van der Waals surface area (Å²) in [5.74, 6) is -0.704. The minimum absolute atomic E-state index is 0.0546. The number of nitrogens with one attached hydrogen (secondary N) is 2. The van der Waals surface area contributed by atoms with Crippen molar-refractivity contribution in [1.29, 1.82) is 0 Å². The van der Waals surface area contributed by atoms with Gasteiger partial charge in [0.15, 0.2) is 0 Å². The van der Waals surface area contributed by atoms with Crippen LogP contribution in [0.25, 0.3) is 11.3 Å². The minimum atomic E-state index is -0.477. The molecule has 0 saturated heterocycles. The minimum Gasteiger partial charge on any atom is -0.370 e. The highest BCUT2D eigenvalue weighted by Crippen LogP contribution is 2.22. The molecular formula is C20H20ClFN4O2. The number of rotatable bonds is 6. The molecule has 1 unspecified atom stereocenters. The summed E-state index contributed by atoms with van der Waals surface area (Å²) in [6, 6.07) is 13.2. The quantitative estimate of drug-likeness (QED) is 0.550. The van der Waals surface area contributed by atoms with E-state index in [0.29, 0.717) is 17.0 Å². The van der Waals surface area contributed by atoms with Gasteiger partial charge in [-0.05, 0) is 42.3 Å². The van der Waals surface area contributed by atoms with Crippen molar-refractivity contribution in [3.05, 3.63) is 76.7 Å². The molecule has 28 heavy (non-hydrogen) atoms. The van der Waals surface area contributed by atoms with Gasteiger partial charge in [0.25, 0.3) is 0 Å². The highest BCUT2D eigenvalue weighted by molar-refractivity contribution is 6.30. The molecule has 146 valence electrons. The molecule has 0 aliphatic carbocycles. The van der Waals surface area contributed by atoms with Crippen molar-refractivity contribution in [2.75, 3.05) is 0 Å². The Kier molecular flexibility index (Phi) is 7.71. The molecule has 2 amide bonds. The van der Waals surface area contributed by atoms with Crippen molar-refractivity contribution in [1.82, 2.24) is 15.5 Å². The number of nitrogens with two attached hydrogens (primary N) is 1. The molecule has 1 heterocycles. The Morgan fingerprint density at radius 3 is 2.64 bits per heavy atom. The molecule has 0 aliphatic heterocycles. The Balaban J connectivity index is 0.000000202. The summed E-state index contributed by atoms with van der Waals surface area (Å²) in [5, 5.41) is 9.69. The lowest BCUT2D eigenvalue weighted by molar-refractivity contribution is -0.118. The largest absolute Gasteiger partial charge is 0.370 e. The zero-order chi connectivity index (χ0) is 20.5. The van der Waals surface area contributed by atoms with Crippen LogP contribution in [0.1, 0.15) is 23.6 Å². The van der Waals surface area contributed by atoms with Crippen molar-refractivity contribution >= 4 is 23.9 Å². The molecule has 0 fully saturated rings. The number of H-pyrrole nitrogens is 1. The number of aryl methyl sites for hydroxylation is 1. The van der Waals surface area contributed by atoms with Gasteiger partial charge in [-0.3, -0.25) is 14.7 Å². The van der Waals surface area contributed by atoms with Crippen LogP contribution in [-0.2, 0) is 9.59 Å². The molecule has 2 aromatic carbocycles. The van der Waals surface area contributed by atoms with Gasteiger partial charge in [-0.25, -0.2) is 4.39 Å². The van der Waals surface area contributed by atoms with Crippen LogP contribution in [0.4, 0.5) is 4.39 Å². The average Bonchev–Trinajstić information content (AvgIpc) is 3.08. The third kappa shape index (κ3) is 5.92. The lowest BCUT2D eigenvalue weighted by atomic mass is 10.0. The Morgan fingerprint density at radius 2 is 2.07 bits per heavy atom. The molecule has 4 N–H and O–H groups in total. The lowest BCUT2D eigenvalue weighted by Crippen LogP contribution is -2.25. The monoisotopic (exact) mass is 402 g/mol. The number of amides is 2. The van der Waals surface area contributed by atoms with Crippen LogP contribution in [0.3, 0.4) is 0 Å². The van der Waals surface area contributed by atoms with E-state index in [4.69, 9.17) is 17.3 Å². The van der Waals surface area contributed by atoms with Gasteiger partial charge in [0.2, 0.25) is 12.3 Å². The normalized spacial score (nSPS) is 11.1. The van der Waals surface area contributed by atoms with Crippen LogP contribution >= 0.6 is 11.6 Å². The molecule has 3 rings (SSSR count). The number of benzene rings is 2. The molecule has 8 heteroatoms. The Morgan fingerprint density at radius 1 is 1.32 bits per heavy atom. The number of halogens is 2. The topological polar surface area (TPSA) is 101 Å². The number of nitrogens with zero attached hydrogens (tertiary/aromatic N) is 1. The van der Waals surface area contributed by atoms with Crippen molar-refractivity contribution in [3.8, 4) is 11.3 Å². The van der Waals surface area contributed by atoms with Crippen LogP contribution in [0.2, 0.25) is 5.02 Å². The molecule has 0 saturated carbocycles. The number of aromatic amines is 1. The van der Waals surface area contributed by atoms with Gasteiger partial charge in [-0.2, -0.15) is 5.10 Å². The number of hydrogen-bond acceptors (Lipinski definition) is 3. The maximum absolute atomic E-state index is 13.3. The standard InChI is InChI=1S/C10H11ClN2O2.C10H9FN2/c11-8-3-1-2-7(4-8)9(13-6-14)5-10(12)15;1-7-6-12-13-10(7)8-4-2-3-5-9(8)11/h1-4,6,9H,5H2,(H2,12,15)(H,13,14);2-6H,1H3,(H,12,13). The molecule has 6 nitrogen and oxygen atoms in total. The van der Waals surface area contributed by atoms with Crippen LogP contribution in [-0.4, -0.2) is 22.5 Å². The summed E-state index contributed by atoms with van der Waals surface area (Å²) < 4.78 is 13.3. The van der Waals surface area contributed by atoms with Gasteiger partial charge >= 0.3 is 0 Å².